The largest absolute Gasteiger partial charge is 0.369 e. The van der Waals surface area contributed by atoms with Crippen molar-refractivity contribution in [3.63, 3.8) is 0 Å². The van der Waals surface area contributed by atoms with Gasteiger partial charge >= 0.3 is 0 Å². The molecule has 0 spiro atoms. The van der Waals surface area contributed by atoms with Gasteiger partial charge in [0.2, 0.25) is 5.91 Å². The Labute approximate surface area is 80.9 Å². The molecule has 66 valence electrons. The Balaban J connectivity index is 2.67. The van der Waals surface area contributed by atoms with Crippen molar-refractivity contribution in [2.24, 2.45) is 5.73 Å². The topological polar surface area (TPSA) is 56.0 Å². The van der Waals surface area contributed by atoms with E-state index in [4.69, 9.17) is 17.3 Å². The van der Waals surface area contributed by atoms with Crippen molar-refractivity contribution < 1.29 is 4.79 Å². The van der Waals surface area contributed by atoms with E-state index in [9.17, 15) is 4.79 Å². The Morgan fingerprint density at radius 2 is 2.38 bits per heavy atom. The molecule has 0 atom stereocenters. The van der Waals surface area contributed by atoms with E-state index in [1.807, 2.05) is 0 Å². The second kappa shape index (κ2) is 4.48. The summed E-state index contributed by atoms with van der Waals surface area (Å²) in [6, 6.07) is 3.36. The van der Waals surface area contributed by atoms with Crippen molar-refractivity contribution in [3.8, 4) is 11.8 Å². The smallest absolute Gasteiger partial charge is 0.229 e. The molecule has 1 aromatic heterocycles. The van der Waals surface area contributed by atoms with Crippen molar-refractivity contribution in [1.82, 2.24) is 4.98 Å². The van der Waals surface area contributed by atoms with Crippen LogP contribution in [0.2, 0.25) is 5.15 Å². The summed E-state index contributed by atoms with van der Waals surface area (Å²) < 4.78 is 0. The van der Waals surface area contributed by atoms with Crippen LogP contribution in [0.4, 0.5) is 0 Å². The van der Waals surface area contributed by atoms with Crippen LogP contribution in [0.1, 0.15) is 12.0 Å². The van der Waals surface area contributed by atoms with E-state index < -0.39 is 5.91 Å². The van der Waals surface area contributed by atoms with Crippen molar-refractivity contribution in [2.45, 2.75) is 6.42 Å². The lowest BCUT2D eigenvalue weighted by molar-refractivity contribution is -0.117. The summed E-state index contributed by atoms with van der Waals surface area (Å²) in [5.74, 6) is 4.91. The summed E-state index contributed by atoms with van der Waals surface area (Å²) in [7, 11) is 0. The van der Waals surface area contributed by atoms with Gasteiger partial charge in [-0.2, -0.15) is 0 Å². The molecule has 0 aliphatic rings. The Morgan fingerprint density at radius 3 is 2.92 bits per heavy atom. The fraction of sp³-hybridized carbons (Fsp3) is 0.111. The van der Waals surface area contributed by atoms with Gasteiger partial charge in [-0.15, -0.1) is 0 Å². The third-order valence-corrected chi connectivity index (χ3v) is 1.45. The van der Waals surface area contributed by atoms with Crippen LogP contribution < -0.4 is 5.73 Å². The van der Waals surface area contributed by atoms with E-state index in [0.29, 0.717) is 10.7 Å². The predicted octanol–water partition coefficient (Wildman–Crippen LogP) is 0.962. The standard InChI is InChI=1S/C9H7ClN2O/c10-8-5-4-7(6-12-8)2-1-3-9(11)13/h4-6H,3H2,(H2,11,13). The van der Waals surface area contributed by atoms with Gasteiger partial charge in [0.25, 0.3) is 0 Å². The second-order valence-corrected chi connectivity index (χ2v) is 2.70. The first-order chi connectivity index (χ1) is 6.18. The molecule has 0 unspecified atom stereocenters. The van der Waals surface area contributed by atoms with Crippen LogP contribution in [0.15, 0.2) is 18.3 Å². The molecule has 0 radical (unpaired) electrons. The van der Waals surface area contributed by atoms with Crippen LogP contribution in [0.3, 0.4) is 0 Å². The van der Waals surface area contributed by atoms with Crippen LogP contribution in [0.5, 0.6) is 0 Å². The van der Waals surface area contributed by atoms with Gasteiger partial charge in [-0.1, -0.05) is 23.4 Å². The summed E-state index contributed by atoms with van der Waals surface area (Å²) in [4.78, 5) is 14.2. The third-order valence-electron chi connectivity index (χ3n) is 1.22. The van der Waals surface area contributed by atoms with Crippen LogP contribution in [0, 0.1) is 11.8 Å². The lowest BCUT2D eigenvalue weighted by Crippen LogP contribution is -2.08. The molecule has 4 heteroatoms. The second-order valence-electron chi connectivity index (χ2n) is 2.31. The van der Waals surface area contributed by atoms with Crippen LogP contribution in [-0.4, -0.2) is 10.9 Å². The van der Waals surface area contributed by atoms with Crippen molar-refractivity contribution in [1.29, 1.82) is 0 Å². The van der Waals surface area contributed by atoms with Crippen LogP contribution in [-0.2, 0) is 4.79 Å². The fourth-order valence-electron chi connectivity index (χ4n) is 0.683. The maximum Gasteiger partial charge on any atom is 0.229 e. The zero-order valence-corrected chi connectivity index (χ0v) is 7.51. The molecule has 1 amide bonds. The molecule has 0 saturated carbocycles. The van der Waals surface area contributed by atoms with E-state index in [0.717, 1.165) is 0 Å². The molecule has 0 bridgehead atoms. The van der Waals surface area contributed by atoms with Gasteiger partial charge in [-0.05, 0) is 12.1 Å². The maximum absolute atomic E-state index is 10.3. The average Bonchev–Trinajstić information content (AvgIpc) is 2.08. The molecule has 3 nitrogen and oxygen atoms in total. The minimum absolute atomic E-state index is 0.0582. The number of nitrogens with two attached hydrogens (primary N) is 1. The third kappa shape index (κ3) is 3.59. The van der Waals surface area contributed by atoms with Crippen molar-refractivity contribution in [3.05, 3.63) is 29.0 Å². The van der Waals surface area contributed by atoms with Crippen molar-refractivity contribution in [2.75, 3.05) is 0 Å². The van der Waals surface area contributed by atoms with E-state index >= 15 is 0 Å². The summed E-state index contributed by atoms with van der Waals surface area (Å²) >= 11 is 5.56. The molecule has 1 rings (SSSR count). The average molecular weight is 195 g/mol. The molecule has 1 heterocycles. The van der Waals surface area contributed by atoms with Gasteiger partial charge in [0, 0.05) is 11.8 Å². The summed E-state index contributed by atoms with van der Waals surface area (Å²) in [6.07, 6.45) is 1.60. The highest BCUT2D eigenvalue weighted by Crippen LogP contribution is 2.03. The summed E-state index contributed by atoms with van der Waals surface area (Å²) in [6.45, 7) is 0. The Morgan fingerprint density at radius 1 is 1.62 bits per heavy atom. The normalized spacial score (nSPS) is 8.69. The van der Waals surface area contributed by atoms with Gasteiger partial charge < -0.3 is 5.73 Å². The van der Waals surface area contributed by atoms with Gasteiger partial charge in [-0.3, -0.25) is 4.79 Å². The number of halogens is 1. The maximum atomic E-state index is 10.3. The van der Waals surface area contributed by atoms with Crippen LogP contribution in [0.25, 0.3) is 0 Å². The highest BCUT2D eigenvalue weighted by Gasteiger charge is 1.89. The van der Waals surface area contributed by atoms with Crippen molar-refractivity contribution >= 4 is 17.5 Å². The Hall–Kier alpha value is -1.53. The van der Waals surface area contributed by atoms with E-state index in [2.05, 4.69) is 16.8 Å². The monoisotopic (exact) mass is 194 g/mol. The molecule has 13 heavy (non-hydrogen) atoms. The summed E-state index contributed by atoms with van der Waals surface area (Å²) in [5.41, 5.74) is 5.62. The molecule has 0 aliphatic carbocycles. The Bertz CT molecular complexity index is 361. The van der Waals surface area contributed by atoms with E-state index in [1.165, 1.54) is 6.20 Å². The van der Waals surface area contributed by atoms with E-state index in [1.54, 1.807) is 12.1 Å². The lowest BCUT2D eigenvalue weighted by atomic mass is 10.3. The van der Waals surface area contributed by atoms with Gasteiger partial charge in [-0.25, -0.2) is 4.98 Å². The minimum atomic E-state index is -0.436. The molecule has 1 aromatic rings. The molecule has 0 saturated heterocycles. The predicted molar refractivity (Wildman–Crippen MR) is 49.9 cm³/mol. The quantitative estimate of drug-likeness (QED) is 0.535. The SMILES string of the molecule is NC(=O)CC#Cc1ccc(Cl)nc1. The minimum Gasteiger partial charge on any atom is -0.369 e. The first-order valence-corrected chi connectivity index (χ1v) is 3.95. The highest BCUT2D eigenvalue weighted by atomic mass is 35.5. The molecular formula is C9H7ClN2O. The Kier molecular flexibility index (Phi) is 3.30. The number of aromatic nitrogens is 1. The zero-order chi connectivity index (χ0) is 9.68. The fourth-order valence-corrected chi connectivity index (χ4v) is 0.795. The van der Waals surface area contributed by atoms with Gasteiger partial charge in [0.1, 0.15) is 5.15 Å². The zero-order valence-electron chi connectivity index (χ0n) is 6.75. The number of pyridine rings is 1. The first kappa shape index (κ1) is 9.56. The number of amides is 1. The molecule has 0 aromatic carbocycles. The number of nitrogens with zero attached hydrogens (tertiary/aromatic N) is 1. The number of primary amides is 1. The number of hydrogen-bond acceptors (Lipinski definition) is 2. The molecular weight excluding hydrogens is 188 g/mol. The number of carbonyl (C=O) groups is 1. The lowest BCUT2D eigenvalue weighted by Gasteiger charge is -1.88. The van der Waals surface area contributed by atoms with Crippen LogP contribution >= 0.6 is 11.6 Å². The van der Waals surface area contributed by atoms with Gasteiger partial charge in [0.15, 0.2) is 0 Å². The number of carbonyl (C=O) groups excluding carboxylic acids is 1. The van der Waals surface area contributed by atoms with E-state index in [-0.39, 0.29) is 6.42 Å². The number of hydrogen-bond donors (Lipinski definition) is 1. The molecule has 0 aliphatic heterocycles. The molecule has 0 fully saturated rings. The molecule has 2 N–H and O–H groups in total. The summed E-state index contributed by atoms with van der Waals surface area (Å²) in [5, 5.41) is 0.417. The van der Waals surface area contributed by atoms with Gasteiger partial charge in [0.05, 0.1) is 6.42 Å². The highest BCUT2D eigenvalue weighted by molar-refractivity contribution is 6.29. The number of rotatable bonds is 1. The first-order valence-electron chi connectivity index (χ1n) is 3.57.